The molecule has 0 radical (unpaired) electrons. The van der Waals surface area contributed by atoms with Gasteiger partial charge in [0.05, 0.1) is 26.1 Å². The van der Waals surface area contributed by atoms with E-state index in [1.807, 2.05) is 13.0 Å². The van der Waals surface area contributed by atoms with E-state index >= 15 is 0 Å². The SMILES string of the molecule is CCc1nc(N)sc1C(=O)N/N=C/c1cccc(OC)c1OC. The summed E-state index contributed by atoms with van der Waals surface area (Å²) in [4.78, 5) is 16.7. The molecule has 2 rings (SSSR count). The largest absolute Gasteiger partial charge is 0.493 e. The van der Waals surface area contributed by atoms with Crippen molar-refractivity contribution in [3.8, 4) is 11.5 Å². The minimum atomic E-state index is -0.339. The molecule has 0 spiro atoms. The van der Waals surface area contributed by atoms with E-state index in [0.717, 1.165) is 11.3 Å². The van der Waals surface area contributed by atoms with E-state index in [1.54, 1.807) is 26.4 Å². The van der Waals surface area contributed by atoms with Gasteiger partial charge in [0, 0.05) is 5.56 Å². The van der Waals surface area contributed by atoms with E-state index in [9.17, 15) is 4.79 Å². The maximum atomic E-state index is 12.1. The van der Waals surface area contributed by atoms with Gasteiger partial charge in [0.15, 0.2) is 16.6 Å². The Hall–Kier alpha value is -2.61. The lowest BCUT2D eigenvalue weighted by atomic mass is 10.2. The number of methoxy groups -OCH3 is 2. The number of amides is 1. The zero-order valence-electron chi connectivity index (χ0n) is 13.1. The normalized spacial score (nSPS) is 10.7. The molecule has 0 fully saturated rings. The predicted molar refractivity (Wildman–Crippen MR) is 90.5 cm³/mol. The van der Waals surface area contributed by atoms with Gasteiger partial charge >= 0.3 is 0 Å². The minimum absolute atomic E-state index is 0.339. The topological polar surface area (TPSA) is 98.8 Å². The number of para-hydroxylation sites is 1. The Balaban J connectivity index is 2.14. The summed E-state index contributed by atoms with van der Waals surface area (Å²) in [7, 11) is 3.10. The zero-order valence-corrected chi connectivity index (χ0v) is 13.9. The van der Waals surface area contributed by atoms with Crippen LogP contribution in [0.4, 0.5) is 5.13 Å². The van der Waals surface area contributed by atoms with Crippen LogP contribution in [-0.4, -0.2) is 31.3 Å². The number of hydrogen-bond acceptors (Lipinski definition) is 7. The van der Waals surface area contributed by atoms with Gasteiger partial charge < -0.3 is 15.2 Å². The fraction of sp³-hybridized carbons (Fsp3) is 0.267. The Kier molecular flexibility index (Phi) is 5.53. The molecule has 7 nitrogen and oxygen atoms in total. The van der Waals surface area contributed by atoms with Gasteiger partial charge in [-0.2, -0.15) is 5.10 Å². The van der Waals surface area contributed by atoms with Gasteiger partial charge in [-0.25, -0.2) is 10.4 Å². The number of nitrogens with one attached hydrogen (secondary N) is 1. The van der Waals surface area contributed by atoms with Gasteiger partial charge in [-0.3, -0.25) is 4.79 Å². The average molecular weight is 334 g/mol. The molecule has 3 N–H and O–H groups in total. The van der Waals surface area contributed by atoms with Gasteiger partial charge in [-0.1, -0.05) is 24.3 Å². The first-order valence-electron chi connectivity index (χ1n) is 6.90. The number of nitrogens with two attached hydrogens (primary N) is 1. The molecule has 23 heavy (non-hydrogen) atoms. The first kappa shape index (κ1) is 16.8. The highest BCUT2D eigenvalue weighted by molar-refractivity contribution is 7.17. The van der Waals surface area contributed by atoms with Crippen molar-refractivity contribution in [3.63, 3.8) is 0 Å². The number of aromatic nitrogens is 1. The van der Waals surface area contributed by atoms with Crippen molar-refractivity contribution < 1.29 is 14.3 Å². The number of aryl methyl sites for hydroxylation is 1. The van der Waals surface area contributed by atoms with Crippen LogP contribution in [0.2, 0.25) is 0 Å². The number of hydrazone groups is 1. The number of nitrogens with zero attached hydrogens (tertiary/aromatic N) is 2. The highest BCUT2D eigenvalue weighted by atomic mass is 32.1. The van der Waals surface area contributed by atoms with Crippen molar-refractivity contribution in [2.75, 3.05) is 20.0 Å². The molecule has 0 aliphatic heterocycles. The monoisotopic (exact) mass is 334 g/mol. The van der Waals surface area contributed by atoms with E-state index in [2.05, 4.69) is 15.5 Å². The van der Waals surface area contributed by atoms with Crippen molar-refractivity contribution in [1.82, 2.24) is 10.4 Å². The number of carbonyl (C=O) groups is 1. The highest BCUT2D eigenvalue weighted by Crippen LogP contribution is 2.29. The van der Waals surface area contributed by atoms with Crippen LogP contribution >= 0.6 is 11.3 Å². The Bertz CT molecular complexity index is 728. The maximum absolute atomic E-state index is 12.1. The van der Waals surface area contributed by atoms with Gasteiger partial charge in [0.1, 0.15) is 4.88 Å². The number of carbonyl (C=O) groups excluding carboxylic acids is 1. The smallest absolute Gasteiger partial charge is 0.283 e. The third-order valence-electron chi connectivity index (χ3n) is 3.06. The first-order valence-corrected chi connectivity index (χ1v) is 7.71. The van der Waals surface area contributed by atoms with Gasteiger partial charge in [0.25, 0.3) is 5.91 Å². The molecule has 0 saturated heterocycles. The summed E-state index contributed by atoms with van der Waals surface area (Å²) in [5.41, 5.74) is 9.47. The third-order valence-corrected chi connectivity index (χ3v) is 3.98. The van der Waals surface area contributed by atoms with Crippen LogP contribution < -0.4 is 20.6 Å². The van der Waals surface area contributed by atoms with Crippen molar-refractivity contribution in [2.24, 2.45) is 5.10 Å². The summed E-state index contributed by atoms with van der Waals surface area (Å²) in [5, 5.41) is 4.33. The Morgan fingerprint density at radius 1 is 1.43 bits per heavy atom. The molecule has 1 aromatic heterocycles. The van der Waals surface area contributed by atoms with Crippen LogP contribution in [-0.2, 0) is 6.42 Å². The molecule has 0 atom stereocenters. The number of nitrogen functional groups attached to an aromatic ring is 1. The molecule has 8 heteroatoms. The third kappa shape index (κ3) is 3.78. The fourth-order valence-corrected chi connectivity index (χ4v) is 2.82. The lowest BCUT2D eigenvalue weighted by Gasteiger charge is -2.09. The fourth-order valence-electron chi connectivity index (χ4n) is 2.01. The summed E-state index contributed by atoms with van der Waals surface area (Å²) in [6.07, 6.45) is 2.12. The van der Waals surface area contributed by atoms with Crippen molar-refractivity contribution in [1.29, 1.82) is 0 Å². The average Bonchev–Trinajstić information content (AvgIpc) is 2.95. The van der Waals surface area contributed by atoms with Gasteiger partial charge in [0.2, 0.25) is 0 Å². The second-order valence-electron chi connectivity index (χ2n) is 4.46. The summed E-state index contributed by atoms with van der Waals surface area (Å²) in [6.45, 7) is 1.91. The molecule has 2 aromatic rings. The van der Waals surface area contributed by atoms with Gasteiger partial charge in [-0.15, -0.1) is 0 Å². The number of hydrogen-bond donors (Lipinski definition) is 2. The molecule has 0 bridgehead atoms. The summed E-state index contributed by atoms with van der Waals surface area (Å²) in [5.74, 6) is 0.796. The zero-order chi connectivity index (χ0) is 16.8. The highest BCUT2D eigenvalue weighted by Gasteiger charge is 2.15. The quantitative estimate of drug-likeness (QED) is 0.622. The summed E-state index contributed by atoms with van der Waals surface area (Å²) < 4.78 is 10.5. The number of benzene rings is 1. The van der Waals surface area contributed by atoms with Crippen LogP contribution in [0.25, 0.3) is 0 Å². The molecular weight excluding hydrogens is 316 g/mol. The standard InChI is InChI=1S/C15H18N4O3S/c1-4-10-13(23-15(16)18-10)14(20)19-17-8-9-6-5-7-11(21-2)12(9)22-3/h5-8H,4H2,1-3H3,(H2,16,18)(H,19,20)/b17-8+. The van der Waals surface area contributed by atoms with Crippen LogP contribution in [0.15, 0.2) is 23.3 Å². The lowest BCUT2D eigenvalue weighted by molar-refractivity contribution is 0.0958. The number of thiazole rings is 1. The molecule has 0 aliphatic rings. The van der Waals surface area contributed by atoms with Crippen LogP contribution in [0.1, 0.15) is 27.9 Å². The number of anilines is 1. The Labute approximate surface area is 138 Å². The second-order valence-corrected chi connectivity index (χ2v) is 5.49. The van der Waals surface area contributed by atoms with Crippen molar-refractivity contribution >= 4 is 28.6 Å². The molecule has 0 saturated carbocycles. The van der Waals surface area contributed by atoms with E-state index in [0.29, 0.717) is 39.2 Å². The molecule has 122 valence electrons. The van der Waals surface area contributed by atoms with Crippen LogP contribution in [0, 0.1) is 0 Å². The molecule has 1 aromatic carbocycles. The van der Waals surface area contributed by atoms with E-state index in [4.69, 9.17) is 15.2 Å². The maximum Gasteiger partial charge on any atom is 0.283 e. The Morgan fingerprint density at radius 2 is 2.22 bits per heavy atom. The van der Waals surface area contributed by atoms with E-state index in [1.165, 1.54) is 6.21 Å². The predicted octanol–water partition coefficient (Wildman–Crippen LogP) is 2.07. The molecule has 1 amide bonds. The van der Waals surface area contributed by atoms with Crippen LogP contribution in [0.5, 0.6) is 11.5 Å². The van der Waals surface area contributed by atoms with Gasteiger partial charge in [-0.05, 0) is 18.6 Å². The molecule has 1 heterocycles. The molecular formula is C15H18N4O3S. The number of ether oxygens (including phenoxy) is 2. The first-order chi connectivity index (χ1) is 11.1. The van der Waals surface area contributed by atoms with Crippen LogP contribution in [0.3, 0.4) is 0 Å². The second kappa shape index (κ2) is 7.59. The molecule has 0 aliphatic carbocycles. The van der Waals surface area contributed by atoms with Crippen molar-refractivity contribution in [2.45, 2.75) is 13.3 Å². The molecule has 0 unspecified atom stereocenters. The van der Waals surface area contributed by atoms with E-state index < -0.39 is 0 Å². The summed E-state index contributed by atoms with van der Waals surface area (Å²) >= 11 is 1.14. The summed E-state index contributed by atoms with van der Waals surface area (Å²) in [6, 6.07) is 5.39. The minimum Gasteiger partial charge on any atom is -0.493 e. The lowest BCUT2D eigenvalue weighted by Crippen LogP contribution is -2.17. The Morgan fingerprint density at radius 3 is 2.87 bits per heavy atom. The van der Waals surface area contributed by atoms with Crippen molar-refractivity contribution in [3.05, 3.63) is 34.3 Å². The van der Waals surface area contributed by atoms with E-state index in [-0.39, 0.29) is 5.91 Å². The number of rotatable bonds is 6.